The predicted octanol–water partition coefficient (Wildman–Crippen LogP) is 2.67. The molecule has 4 heteroatoms. The van der Waals surface area contributed by atoms with Gasteiger partial charge in [-0.3, -0.25) is 0 Å². The number of benzene rings is 1. The Balaban J connectivity index is 2.02. The molecule has 3 nitrogen and oxygen atoms in total. The first-order valence-corrected chi connectivity index (χ1v) is 10.0. The second-order valence-corrected chi connectivity index (χ2v) is 10.6. The molecule has 1 aromatic carbocycles. The van der Waals surface area contributed by atoms with Crippen LogP contribution in [0.3, 0.4) is 0 Å². The second kappa shape index (κ2) is 5.03. The van der Waals surface area contributed by atoms with Crippen molar-refractivity contribution in [1.82, 2.24) is 0 Å². The van der Waals surface area contributed by atoms with Gasteiger partial charge in [0, 0.05) is 0 Å². The topological polar surface area (TPSA) is 55.5 Å². The predicted molar refractivity (Wildman–Crippen MR) is 76.1 cm³/mol. The van der Waals surface area contributed by atoms with Gasteiger partial charge in [0.1, 0.15) is 5.75 Å². The quantitative estimate of drug-likeness (QED) is 0.805. The summed E-state index contributed by atoms with van der Waals surface area (Å²) in [5, 5.41) is 10.0. The lowest BCUT2D eigenvalue weighted by Gasteiger charge is -2.21. The fraction of sp³-hybridized carbons (Fsp3) is 0.571. The van der Waals surface area contributed by atoms with Crippen molar-refractivity contribution in [1.29, 1.82) is 0 Å². The molecule has 1 aliphatic rings. The van der Waals surface area contributed by atoms with E-state index in [0.29, 0.717) is 5.92 Å². The van der Waals surface area contributed by atoms with Crippen molar-refractivity contribution < 1.29 is 9.53 Å². The Kier molecular flexibility index (Phi) is 3.80. The smallest absolute Gasteiger partial charge is 0.242 e. The number of nitrogens with two attached hydrogens (primary N) is 1. The van der Waals surface area contributed by atoms with Crippen LogP contribution in [-0.2, 0) is 0 Å². The number of hydrogen-bond acceptors (Lipinski definition) is 3. The van der Waals surface area contributed by atoms with Crippen LogP contribution in [0.1, 0.15) is 24.4 Å². The minimum Gasteiger partial charge on any atom is -0.544 e. The maximum atomic E-state index is 10.0. The van der Waals surface area contributed by atoms with Crippen LogP contribution in [0.15, 0.2) is 24.3 Å². The van der Waals surface area contributed by atoms with Crippen LogP contribution >= 0.6 is 0 Å². The molecule has 0 bridgehead atoms. The van der Waals surface area contributed by atoms with Gasteiger partial charge in [-0.15, -0.1) is 0 Å². The third-order valence-electron chi connectivity index (χ3n) is 3.16. The molecule has 1 saturated carbocycles. The van der Waals surface area contributed by atoms with E-state index in [1.54, 1.807) is 0 Å². The van der Waals surface area contributed by atoms with Crippen molar-refractivity contribution in [3.63, 3.8) is 0 Å². The lowest BCUT2D eigenvalue weighted by atomic mass is 9.99. The van der Waals surface area contributed by atoms with Crippen LogP contribution in [-0.4, -0.2) is 19.5 Å². The van der Waals surface area contributed by atoms with Crippen LogP contribution in [0.2, 0.25) is 19.6 Å². The van der Waals surface area contributed by atoms with Gasteiger partial charge in [0.25, 0.3) is 0 Å². The summed E-state index contributed by atoms with van der Waals surface area (Å²) in [6.45, 7) is 6.47. The number of rotatable bonds is 5. The van der Waals surface area contributed by atoms with E-state index in [0.717, 1.165) is 24.2 Å². The first-order valence-electron chi connectivity index (χ1n) is 6.59. The van der Waals surface area contributed by atoms with E-state index in [1.165, 1.54) is 0 Å². The standard InChI is InChI=1S/C14H23NO2Si/c1-18(2,3)17-12-8-6-10(7-9-12)13(15)14(16)11-4-5-11/h6-9,11,13-14,16H,4-5,15H2,1-3H3/t13-,14+/m0/s1. The Morgan fingerprint density at radius 1 is 1.22 bits per heavy atom. The van der Waals surface area contributed by atoms with Crippen LogP contribution in [0.4, 0.5) is 0 Å². The van der Waals surface area contributed by atoms with Gasteiger partial charge in [0.05, 0.1) is 12.1 Å². The average molecular weight is 265 g/mol. The van der Waals surface area contributed by atoms with Crippen molar-refractivity contribution in [2.24, 2.45) is 11.7 Å². The summed E-state index contributed by atoms with van der Waals surface area (Å²) in [4.78, 5) is 0. The van der Waals surface area contributed by atoms with Crippen LogP contribution < -0.4 is 10.2 Å². The lowest BCUT2D eigenvalue weighted by Crippen LogP contribution is -2.29. The van der Waals surface area contributed by atoms with Gasteiger partial charge in [-0.2, -0.15) is 0 Å². The highest BCUT2D eigenvalue weighted by Crippen LogP contribution is 2.37. The minimum atomic E-state index is -1.55. The molecule has 18 heavy (non-hydrogen) atoms. The molecule has 0 amide bonds. The molecular weight excluding hydrogens is 242 g/mol. The fourth-order valence-corrected chi connectivity index (χ4v) is 2.88. The van der Waals surface area contributed by atoms with Crippen molar-refractivity contribution in [3.8, 4) is 5.75 Å². The highest BCUT2D eigenvalue weighted by molar-refractivity contribution is 6.70. The Morgan fingerprint density at radius 3 is 2.22 bits per heavy atom. The molecule has 0 radical (unpaired) electrons. The van der Waals surface area contributed by atoms with E-state index >= 15 is 0 Å². The third-order valence-corrected chi connectivity index (χ3v) is 4.01. The fourth-order valence-electron chi connectivity index (χ4n) is 2.04. The van der Waals surface area contributed by atoms with Gasteiger partial charge >= 0.3 is 0 Å². The Hall–Kier alpha value is -0.843. The van der Waals surface area contributed by atoms with E-state index in [9.17, 15) is 5.11 Å². The van der Waals surface area contributed by atoms with E-state index < -0.39 is 14.4 Å². The maximum absolute atomic E-state index is 10.0. The maximum Gasteiger partial charge on any atom is 0.242 e. The van der Waals surface area contributed by atoms with Gasteiger partial charge in [-0.1, -0.05) is 12.1 Å². The van der Waals surface area contributed by atoms with Crippen molar-refractivity contribution in [2.75, 3.05) is 0 Å². The monoisotopic (exact) mass is 265 g/mol. The van der Waals surface area contributed by atoms with E-state index in [-0.39, 0.29) is 6.04 Å². The van der Waals surface area contributed by atoms with E-state index in [4.69, 9.17) is 10.2 Å². The third kappa shape index (κ3) is 3.57. The van der Waals surface area contributed by atoms with Gasteiger partial charge in [0.2, 0.25) is 8.32 Å². The average Bonchev–Trinajstić information content (AvgIpc) is 3.10. The molecule has 0 aromatic heterocycles. The van der Waals surface area contributed by atoms with Crippen molar-refractivity contribution in [3.05, 3.63) is 29.8 Å². The molecule has 0 spiro atoms. The molecular formula is C14H23NO2Si. The van der Waals surface area contributed by atoms with Crippen molar-refractivity contribution in [2.45, 2.75) is 44.6 Å². The molecule has 0 aliphatic heterocycles. The molecule has 2 atom stereocenters. The molecule has 0 saturated heterocycles. The minimum absolute atomic E-state index is 0.279. The molecule has 2 rings (SSSR count). The van der Waals surface area contributed by atoms with Gasteiger partial charge < -0.3 is 15.3 Å². The first kappa shape index (κ1) is 13.6. The second-order valence-electron chi connectivity index (χ2n) is 6.14. The summed E-state index contributed by atoms with van der Waals surface area (Å²) < 4.78 is 5.89. The highest BCUT2D eigenvalue weighted by Gasteiger charge is 2.34. The normalized spacial score (nSPS) is 19.4. The molecule has 1 aromatic rings. The Morgan fingerprint density at radius 2 is 1.78 bits per heavy atom. The van der Waals surface area contributed by atoms with Crippen LogP contribution in [0.5, 0.6) is 5.75 Å². The van der Waals surface area contributed by atoms with Crippen LogP contribution in [0, 0.1) is 5.92 Å². The summed E-state index contributed by atoms with van der Waals surface area (Å²) in [5.41, 5.74) is 7.06. The largest absolute Gasteiger partial charge is 0.544 e. The molecule has 1 fully saturated rings. The lowest BCUT2D eigenvalue weighted by molar-refractivity contribution is 0.122. The number of aliphatic hydroxyl groups is 1. The van der Waals surface area contributed by atoms with Crippen molar-refractivity contribution >= 4 is 8.32 Å². The summed E-state index contributed by atoms with van der Waals surface area (Å²) in [5.74, 6) is 1.30. The molecule has 0 heterocycles. The van der Waals surface area contributed by atoms with Gasteiger partial charge in [0.15, 0.2) is 0 Å². The molecule has 1 aliphatic carbocycles. The zero-order valence-electron chi connectivity index (χ0n) is 11.4. The van der Waals surface area contributed by atoms with E-state index in [1.807, 2.05) is 24.3 Å². The summed E-state index contributed by atoms with van der Waals surface area (Å²) in [7, 11) is -1.55. The summed E-state index contributed by atoms with van der Waals surface area (Å²) >= 11 is 0. The van der Waals surface area contributed by atoms with Gasteiger partial charge in [-0.05, 0) is 56.1 Å². The SMILES string of the molecule is C[Si](C)(C)Oc1ccc([C@H](N)[C@H](O)C2CC2)cc1. The molecule has 0 unspecified atom stereocenters. The zero-order chi connectivity index (χ0) is 13.3. The molecule has 3 N–H and O–H groups in total. The van der Waals surface area contributed by atoms with Gasteiger partial charge in [-0.25, -0.2) is 0 Å². The zero-order valence-corrected chi connectivity index (χ0v) is 12.4. The summed E-state index contributed by atoms with van der Waals surface area (Å²) in [6, 6.07) is 7.55. The first-order chi connectivity index (χ1) is 8.37. The Bertz CT molecular complexity index is 395. The van der Waals surface area contributed by atoms with E-state index in [2.05, 4.69) is 19.6 Å². The molecule has 100 valence electrons. The number of hydrogen-bond donors (Lipinski definition) is 2. The summed E-state index contributed by atoms with van der Waals surface area (Å²) in [6.07, 6.45) is 1.80. The van der Waals surface area contributed by atoms with Crippen LogP contribution in [0.25, 0.3) is 0 Å². The number of aliphatic hydroxyl groups excluding tert-OH is 1. The highest BCUT2D eigenvalue weighted by atomic mass is 28.4. The Labute approximate surface area is 110 Å².